The Morgan fingerprint density at radius 1 is 1.16 bits per heavy atom. The zero-order valence-corrected chi connectivity index (χ0v) is 17.4. The number of anilines is 1. The minimum absolute atomic E-state index is 0.0193. The lowest BCUT2D eigenvalue weighted by Gasteiger charge is -2.13. The summed E-state index contributed by atoms with van der Waals surface area (Å²) in [6.07, 6.45) is -2.92. The molecule has 0 unspecified atom stereocenters. The van der Waals surface area contributed by atoms with E-state index in [1.807, 2.05) is 0 Å². The molecular weight excluding hydrogens is 454 g/mol. The number of aryl methyl sites for hydroxylation is 1. The van der Waals surface area contributed by atoms with Gasteiger partial charge in [-0.15, -0.1) is 0 Å². The molecule has 11 heteroatoms. The van der Waals surface area contributed by atoms with Crippen molar-refractivity contribution in [1.29, 1.82) is 0 Å². The third-order valence-electron chi connectivity index (χ3n) is 4.64. The number of nitrogens with one attached hydrogen (secondary N) is 1. The van der Waals surface area contributed by atoms with Crippen LogP contribution in [0.5, 0.6) is 5.75 Å². The van der Waals surface area contributed by atoms with E-state index < -0.39 is 11.7 Å². The summed E-state index contributed by atoms with van der Waals surface area (Å²) in [5.41, 5.74) is 0.643. The van der Waals surface area contributed by atoms with Gasteiger partial charge in [-0.05, 0) is 24.6 Å². The number of nitrogens with zero attached hydrogens (tertiary/aromatic N) is 4. The van der Waals surface area contributed by atoms with Gasteiger partial charge in [0.05, 0.1) is 28.0 Å². The maximum Gasteiger partial charge on any atom is 0.416 e. The highest BCUT2D eigenvalue weighted by atomic mass is 35.5. The maximum atomic E-state index is 13.2. The standard InChI is InChI=1S/C20H14Cl2F3N5O/c1-10-12-6-16(26-8-11-4-2-3-5-13(11)20(23,24)25)27-9-15(12)30(29-10)17-7-14(21)18(31)19(22)28-17/h2-7,9,31H,8H2,1H3,(H,26,27). The van der Waals surface area contributed by atoms with Crippen molar-refractivity contribution in [3.8, 4) is 11.6 Å². The first-order valence-corrected chi connectivity index (χ1v) is 9.70. The van der Waals surface area contributed by atoms with Crippen molar-refractivity contribution in [3.63, 3.8) is 0 Å². The van der Waals surface area contributed by atoms with E-state index in [0.29, 0.717) is 22.4 Å². The molecular formula is C20H14Cl2F3N5O. The van der Waals surface area contributed by atoms with Crippen molar-refractivity contribution in [2.75, 3.05) is 5.32 Å². The van der Waals surface area contributed by atoms with E-state index in [1.165, 1.54) is 29.1 Å². The molecule has 0 saturated heterocycles. The fourth-order valence-electron chi connectivity index (χ4n) is 3.15. The fourth-order valence-corrected chi connectivity index (χ4v) is 3.57. The van der Waals surface area contributed by atoms with Crippen LogP contribution in [0.25, 0.3) is 16.7 Å². The van der Waals surface area contributed by atoms with Gasteiger partial charge in [0.15, 0.2) is 16.7 Å². The second-order valence-electron chi connectivity index (χ2n) is 6.69. The molecule has 4 rings (SSSR count). The number of halogens is 5. The van der Waals surface area contributed by atoms with Crippen molar-refractivity contribution in [2.45, 2.75) is 19.6 Å². The van der Waals surface area contributed by atoms with E-state index >= 15 is 0 Å². The molecule has 0 fully saturated rings. The molecule has 1 aromatic carbocycles. The molecule has 0 atom stereocenters. The second kappa shape index (κ2) is 7.90. The lowest BCUT2D eigenvalue weighted by Crippen LogP contribution is -2.12. The smallest absolute Gasteiger partial charge is 0.416 e. The lowest BCUT2D eigenvalue weighted by atomic mass is 10.1. The molecule has 0 aliphatic carbocycles. The Kier molecular flexibility index (Phi) is 5.40. The molecule has 0 amide bonds. The number of hydrogen-bond donors (Lipinski definition) is 2. The van der Waals surface area contributed by atoms with E-state index in [2.05, 4.69) is 20.4 Å². The zero-order valence-electron chi connectivity index (χ0n) is 15.9. The van der Waals surface area contributed by atoms with Crippen LogP contribution in [0.2, 0.25) is 10.2 Å². The van der Waals surface area contributed by atoms with E-state index in [4.69, 9.17) is 23.2 Å². The van der Waals surface area contributed by atoms with Crippen molar-refractivity contribution < 1.29 is 18.3 Å². The monoisotopic (exact) mass is 467 g/mol. The molecule has 4 aromatic rings. The van der Waals surface area contributed by atoms with Gasteiger partial charge < -0.3 is 10.4 Å². The quantitative estimate of drug-likeness (QED) is 0.372. The van der Waals surface area contributed by atoms with E-state index in [0.717, 1.165) is 6.07 Å². The summed E-state index contributed by atoms with van der Waals surface area (Å²) in [5, 5.41) is 17.6. The highest BCUT2D eigenvalue weighted by Gasteiger charge is 2.32. The first-order chi connectivity index (χ1) is 14.6. The van der Waals surface area contributed by atoms with Crippen molar-refractivity contribution >= 4 is 39.9 Å². The first kappa shape index (κ1) is 21.2. The van der Waals surface area contributed by atoms with Crippen molar-refractivity contribution in [2.24, 2.45) is 0 Å². The number of benzene rings is 1. The van der Waals surface area contributed by atoms with Gasteiger partial charge in [0.1, 0.15) is 5.82 Å². The number of rotatable bonds is 4. The van der Waals surface area contributed by atoms with Gasteiger partial charge in [0.2, 0.25) is 0 Å². The molecule has 0 bridgehead atoms. The summed E-state index contributed by atoms with van der Waals surface area (Å²) in [7, 11) is 0. The number of alkyl halides is 3. The van der Waals surface area contributed by atoms with Crippen molar-refractivity contribution in [3.05, 3.63) is 69.6 Å². The highest BCUT2D eigenvalue weighted by molar-refractivity contribution is 6.36. The Morgan fingerprint density at radius 3 is 2.61 bits per heavy atom. The van der Waals surface area contributed by atoms with Crippen LogP contribution in [0.4, 0.5) is 19.0 Å². The van der Waals surface area contributed by atoms with Gasteiger partial charge in [-0.2, -0.15) is 18.3 Å². The molecule has 3 heterocycles. The third-order valence-corrected chi connectivity index (χ3v) is 5.19. The zero-order chi connectivity index (χ0) is 22.3. The van der Waals surface area contributed by atoms with Gasteiger partial charge in [0, 0.05) is 18.0 Å². The summed E-state index contributed by atoms with van der Waals surface area (Å²) >= 11 is 11.9. The number of fused-ring (bicyclic) bond motifs is 1. The van der Waals surface area contributed by atoms with Crippen LogP contribution in [-0.4, -0.2) is 24.9 Å². The molecule has 160 valence electrons. The van der Waals surface area contributed by atoms with Crippen LogP contribution in [-0.2, 0) is 12.7 Å². The van der Waals surface area contributed by atoms with Crippen LogP contribution in [0, 0.1) is 6.92 Å². The summed E-state index contributed by atoms with van der Waals surface area (Å²) in [6.45, 7) is 1.72. The average molecular weight is 468 g/mol. The average Bonchev–Trinajstić information content (AvgIpc) is 3.06. The predicted octanol–water partition coefficient (Wildman–Crippen LogP) is 5.77. The Bertz CT molecular complexity index is 1270. The molecule has 0 spiro atoms. The second-order valence-corrected chi connectivity index (χ2v) is 7.46. The Labute approximate surface area is 184 Å². The Balaban J connectivity index is 1.66. The van der Waals surface area contributed by atoms with Crippen LogP contribution >= 0.6 is 23.2 Å². The number of aromatic hydroxyl groups is 1. The summed E-state index contributed by atoms with van der Waals surface area (Å²) in [4.78, 5) is 8.36. The van der Waals surface area contributed by atoms with E-state index in [-0.39, 0.29) is 33.9 Å². The molecule has 0 aliphatic rings. The third kappa shape index (κ3) is 4.11. The number of pyridine rings is 2. The summed E-state index contributed by atoms with van der Waals surface area (Å²) < 4.78 is 41.0. The lowest BCUT2D eigenvalue weighted by molar-refractivity contribution is -0.138. The van der Waals surface area contributed by atoms with Gasteiger partial charge >= 0.3 is 6.18 Å². The Morgan fingerprint density at radius 2 is 1.90 bits per heavy atom. The number of aromatic nitrogens is 4. The molecule has 0 aliphatic heterocycles. The molecule has 3 aromatic heterocycles. The van der Waals surface area contributed by atoms with Crippen LogP contribution in [0.15, 0.2) is 42.6 Å². The maximum absolute atomic E-state index is 13.2. The largest absolute Gasteiger partial charge is 0.504 e. The van der Waals surface area contributed by atoms with Crippen LogP contribution in [0.1, 0.15) is 16.8 Å². The van der Waals surface area contributed by atoms with Crippen LogP contribution in [0.3, 0.4) is 0 Å². The van der Waals surface area contributed by atoms with Crippen LogP contribution < -0.4 is 5.32 Å². The molecule has 0 radical (unpaired) electrons. The molecule has 0 saturated carbocycles. The normalized spacial score (nSPS) is 11.8. The van der Waals surface area contributed by atoms with Gasteiger partial charge in [-0.1, -0.05) is 41.4 Å². The SMILES string of the molecule is Cc1nn(-c2cc(Cl)c(O)c(Cl)n2)c2cnc(NCc3ccccc3C(F)(F)F)cc12. The molecule has 6 nitrogen and oxygen atoms in total. The molecule has 31 heavy (non-hydrogen) atoms. The summed E-state index contributed by atoms with van der Waals surface area (Å²) in [5.74, 6) is 0.346. The Hall–Kier alpha value is -3.04. The topological polar surface area (TPSA) is 75.9 Å². The van der Waals surface area contributed by atoms with Crippen molar-refractivity contribution in [1.82, 2.24) is 19.7 Å². The van der Waals surface area contributed by atoms with E-state index in [1.54, 1.807) is 19.1 Å². The fraction of sp³-hybridized carbons (Fsp3) is 0.150. The predicted molar refractivity (Wildman–Crippen MR) is 112 cm³/mol. The summed E-state index contributed by atoms with van der Waals surface area (Å²) in [6, 6.07) is 8.47. The van der Waals surface area contributed by atoms with Gasteiger partial charge in [0.25, 0.3) is 0 Å². The molecule has 2 N–H and O–H groups in total. The van der Waals surface area contributed by atoms with E-state index in [9.17, 15) is 18.3 Å². The van der Waals surface area contributed by atoms with Gasteiger partial charge in [-0.3, -0.25) is 0 Å². The minimum Gasteiger partial charge on any atom is -0.504 e. The minimum atomic E-state index is -4.44. The number of hydrogen-bond acceptors (Lipinski definition) is 5. The first-order valence-electron chi connectivity index (χ1n) is 8.95. The van der Waals surface area contributed by atoms with Gasteiger partial charge in [-0.25, -0.2) is 14.6 Å². The highest BCUT2D eigenvalue weighted by Crippen LogP contribution is 2.34.